The number of amides is 1. The van der Waals surface area contributed by atoms with Crippen LogP contribution in [0.1, 0.15) is 27.2 Å². The van der Waals surface area contributed by atoms with Gasteiger partial charge in [0.15, 0.2) is 0 Å². The first-order valence-electron chi connectivity index (χ1n) is 8.35. The van der Waals surface area contributed by atoms with Crippen LogP contribution in [0.2, 0.25) is 0 Å². The van der Waals surface area contributed by atoms with Crippen LogP contribution in [0.15, 0.2) is 36.8 Å². The Morgan fingerprint density at radius 1 is 1.37 bits per heavy atom. The predicted molar refractivity (Wildman–Crippen MR) is 95.9 cm³/mol. The van der Waals surface area contributed by atoms with Gasteiger partial charge in [0.2, 0.25) is 5.95 Å². The Balaban J connectivity index is 1.69. The number of allylic oxidation sites excluding steroid dienone is 1. The number of hydrogen-bond donors (Lipinski definition) is 2. The average Bonchev–Trinajstić information content (AvgIpc) is 3.28. The van der Waals surface area contributed by atoms with E-state index in [-0.39, 0.29) is 5.56 Å². The molecule has 7 nitrogen and oxygen atoms in total. The maximum Gasteiger partial charge on any atom is 0.255 e. The minimum atomic E-state index is -2.60. The summed E-state index contributed by atoms with van der Waals surface area (Å²) in [5.41, 5.74) is 4.49. The number of hydrogen-bond acceptors (Lipinski definition) is 5. The Morgan fingerprint density at radius 3 is 3.00 bits per heavy atom. The number of nitrogens with zero attached hydrogens (tertiary/aromatic N) is 4. The van der Waals surface area contributed by atoms with E-state index < -0.39 is 18.9 Å². The molecule has 0 aliphatic heterocycles. The predicted octanol–water partition coefficient (Wildman–Crippen LogP) is 2.15. The molecular weight excluding hydrogens is 354 g/mol. The van der Waals surface area contributed by atoms with E-state index in [0.29, 0.717) is 17.9 Å². The van der Waals surface area contributed by atoms with Crippen molar-refractivity contribution in [2.24, 2.45) is 0 Å². The monoisotopic (exact) mass is 370 g/mol. The third kappa shape index (κ3) is 3.12. The molecule has 3 aromatic heterocycles. The lowest BCUT2D eigenvalue weighted by molar-refractivity contribution is 0.0893. The lowest BCUT2D eigenvalue weighted by Crippen LogP contribution is -2.28. The summed E-state index contributed by atoms with van der Waals surface area (Å²) in [6.07, 6.45) is 5.01. The van der Waals surface area contributed by atoms with E-state index in [2.05, 4.69) is 31.8 Å². The molecule has 0 radical (unpaired) electrons. The zero-order valence-corrected chi connectivity index (χ0v) is 14.4. The number of fused-ring (bicyclic) bond motifs is 2. The number of alkyl halides is 2. The van der Waals surface area contributed by atoms with Crippen molar-refractivity contribution in [2.75, 3.05) is 18.9 Å². The fourth-order valence-corrected chi connectivity index (χ4v) is 3.09. The van der Waals surface area contributed by atoms with Crippen molar-refractivity contribution in [1.82, 2.24) is 24.9 Å². The van der Waals surface area contributed by atoms with Crippen LogP contribution in [0.3, 0.4) is 0 Å². The number of rotatable bonds is 5. The summed E-state index contributed by atoms with van der Waals surface area (Å²) in [5.74, 6) is -0.0159. The molecule has 0 unspecified atom stereocenters. The molecule has 9 heteroatoms. The number of pyridine rings is 1. The Bertz CT molecular complexity index is 1060. The summed E-state index contributed by atoms with van der Waals surface area (Å²) < 4.78 is 26.2. The molecule has 0 saturated carbocycles. The molecule has 1 aliphatic rings. The standard InChI is InChI=1S/C18H16F2N6O/c1-21-18-23-7-12-11(2-3-14(12)25-18)10-4-5-26-15(6-10)13(8-24-26)17(27)22-9-16(19)20/h2,4-8,16H,3,9H2,1H3,(H,22,27)(H,21,23,25). The van der Waals surface area contributed by atoms with Gasteiger partial charge in [0.05, 0.1) is 29.5 Å². The van der Waals surface area contributed by atoms with E-state index in [1.807, 2.05) is 12.1 Å². The maximum atomic E-state index is 12.4. The van der Waals surface area contributed by atoms with Crippen LogP contribution >= 0.6 is 0 Å². The second kappa shape index (κ2) is 6.75. The van der Waals surface area contributed by atoms with Gasteiger partial charge in [-0.25, -0.2) is 23.3 Å². The third-order valence-electron chi connectivity index (χ3n) is 4.38. The highest BCUT2D eigenvalue weighted by molar-refractivity contribution is 6.01. The molecule has 27 heavy (non-hydrogen) atoms. The van der Waals surface area contributed by atoms with E-state index >= 15 is 0 Å². The summed E-state index contributed by atoms with van der Waals surface area (Å²) in [6, 6.07) is 3.70. The maximum absolute atomic E-state index is 12.4. The fraction of sp³-hybridized carbons (Fsp3) is 0.222. The number of anilines is 1. The summed E-state index contributed by atoms with van der Waals surface area (Å²) in [7, 11) is 1.76. The van der Waals surface area contributed by atoms with E-state index in [0.717, 1.165) is 22.4 Å². The molecule has 0 bridgehead atoms. The smallest absolute Gasteiger partial charge is 0.255 e. The van der Waals surface area contributed by atoms with Crippen LogP contribution in [0.4, 0.5) is 14.7 Å². The highest BCUT2D eigenvalue weighted by atomic mass is 19.3. The van der Waals surface area contributed by atoms with E-state index in [4.69, 9.17) is 0 Å². The molecule has 0 saturated heterocycles. The number of carbonyl (C=O) groups excluding carboxylic acids is 1. The van der Waals surface area contributed by atoms with Crippen LogP contribution in [-0.4, -0.2) is 45.5 Å². The third-order valence-corrected chi connectivity index (χ3v) is 4.38. The molecule has 0 spiro atoms. The van der Waals surface area contributed by atoms with Crippen molar-refractivity contribution in [3.8, 4) is 0 Å². The quantitative estimate of drug-likeness (QED) is 0.719. The van der Waals surface area contributed by atoms with E-state index in [1.165, 1.54) is 10.7 Å². The van der Waals surface area contributed by atoms with Crippen LogP contribution in [0.25, 0.3) is 11.1 Å². The second-order valence-electron chi connectivity index (χ2n) is 6.03. The first kappa shape index (κ1) is 17.1. The summed E-state index contributed by atoms with van der Waals surface area (Å²) in [6.45, 7) is -0.695. The first-order chi connectivity index (χ1) is 13.1. The van der Waals surface area contributed by atoms with E-state index in [9.17, 15) is 13.6 Å². The van der Waals surface area contributed by atoms with Crippen molar-refractivity contribution in [2.45, 2.75) is 12.8 Å². The van der Waals surface area contributed by atoms with Gasteiger partial charge in [0, 0.05) is 31.4 Å². The number of nitrogens with one attached hydrogen (secondary N) is 2. The van der Waals surface area contributed by atoms with Crippen molar-refractivity contribution in [3.63, 3.8) is 0 Å². The van der Waals surface area contributed by atoms with Gasteiger partial charge in [-0.2, -0.15) is 5.10 Å². The normalized spacial score (nSPS) is 13.0. The SMILES string of the molecule is CNc1ncc2c(n1)CC=C2c1ccn2ncc(C(=O)NCC(F)F)c2c1. The summed E-state index contributed by atoms with van der Waals surface area (Å²) in [5, 5.41) is 9.24. The van der Waals surface area contributed by atoms with E-state index in [1.54, 1.807) is 19.4 Å². The van der Waals surface area contributed by atoms with Gasteiger partial charge in [-0.05, 0) is 23.3 Å². The minimum Gasteiger partial charge on any atom is -0.357 e. The van der Waals surface area contributed by atoms with Gasteiger partial charge in [0.25, 0.3) is 12.3 Å². The first-order valence-corrected chi connectivity index (χ1v) is 8.35. The van der Waals surface area contributed by atoms with Crippen molar-refractivity contribution >= 4 is 22.9 Å². The van der Waals surface area contributed by atoms with Gasteiger partial charge in [-0.3, -0.25) is 4.79 Å². The minimum absolute atomic E-state index is 0.248. The largest absolute Gasteiger partial charge is 0.357 e. The number of aromatic nitrogens is 4. The lowest BCUT2D eigenvalue weighted by atomic mass is 10.0. The summed E-state index contributed by atoms with van der Waals surface area (Å²) >= 11 is 0. The van der Waals surface area contributed by atoms with Crippen molar-refractivity contribution < 1.29 is 13.6 Å². The summed E-state index contributed by atoms with van der Waals surface area (Å²) in [4.78, 5) is 20.9. The molecule has 0 fully saturated rings. The molecule has 2 N–H and O–H groups in total. The highest BCUT2D eigenvalue weighted by Gasteiger charge is 2.20. The van der Waals surface area contributed by atoms with Crippen LogP contribution in [-0.2, 0) is 6.42 Å². The fourth-order valence-electron chi connectivity index (χ4n) is 3.09. The number of carbonyl (C=O) groups is 1. The Hall–Kier alpha value is -3.36. The Labute approximate surface area is 153 Å². The highest BCUT2D eigenvalue weighted by Crippen LogP contribution is 2.32. The molecule has 3 aromatic rings. The lowest BCUT2D eigenvalue weighted by Gasteiger charge is -2.08. The zero-order chi connectivity index (χ0) is 19.0. The van der Waals surface area contributed by atoms with Crippen molar-refractivity contribution in [3.05, 3.63) is 59.2 Å². The molecule has 0 atom stereocenters. The molecule has 0 aromatic carbocycles. The van der Waals surface area contributed by atoms with Gasteiger partial charge >= 0.3 is 0 Å². The van der Waals surface area contributed by atoms with Crippen LogP contribution in [0, 0.1) is 0 Å². The zero-order valence-electron chi connectivity index (χ0n) is 14.4. The van der Waals surface area contributed by atoms with Gasteiger partial charge in [0.1, 0.15) is 0 Å². The van der Waals surface area contributed by atoms with Crippen molar-refractivity contribution in [1.29, 1.82) is 0 Å². The Kier molecular flexibility index (Phi) is 4.27. The molecule has 4 rings (SSSR count). The second-order valence-corrected chi connectivity index (χ2v) is 6.03. The molecule has 1 amide bonds. The number of halogens is 2. The molecule has 138 valence electrons. The molecule has 3 heterocycles. The van der Waals surface area contributed by atoms with Crippen LogP contribution in [0.5, 0.6) is 0 Å². The average molecular weight is 370 g/mol. The van der Waals surface area contributed by atoms with Gasteiger partial charge in [-0.1, -0.05) is 6.08 Å². The van der Waals surface area contributed by atoms with Gasteiger partial charge < -0.3 is 10.6 Å². The van der Waals surface area contributed by atoms with Crippen LogP contribution < -0.4 is 10.6 Å². The Morgan fingerprint density at radius 2 is 2.22 bits per heavy atom. The van der Waals surface area contributed by atoms with Gasteiger partial charge in [-0.15, -0.1) is 0 Å². The molecule has 1 aliphatic carbocycles. The topological polar surface area (TPSA) is 84.2 Å². The molecular formula is C18H16F2N6O.